The van der Waals surface area contributed by atoms with Crippen LogP contribution in [0.4, 0.5) is 4.39 Å². The molecule has 1 aromatic heterocycles. The zero-order chi connectivity index (χ0) is 20.6. The average Bonchev–Trinajstić information content (AvgIpc) is 3.23. The predicted molar refractivity (Wildman–Crippen MR) is 128 cm³/mol. The number of aryl methyl sites for hydroxylation is 2. The van der Waals surface area contributed by atoms with Crippen molar-refractivity contribution < 1.29 is 8.91 Å². The van der Waals surface area contributed by atoms with E-state index in [0.717, 1.165) is 30.5 Å². The van der Waals surface area contributed by atoms with Crippen LogP contribution in [0.5, 0.6) is 0 Å². The van der Waals surface area contributed by atoms with Crippen LogP contribution in [0.3, 0.4) is 0 Å². The lowest BCUT2D eigenvalue weighted by molar-refractivity contribution is 0.423. The number of hydrogen-bond donors (Lipinski definition) is 2. The number of halogens is 2. The Bertz CT molecular complexity index is 972. The minimum atomic E-state index is -0.188. The number of guanidine groups is 1. The highest BCUT2D eigenvalue weighted by molar-refractivity contribution is 14.0. The first kappa shape index (κ1) is 23.8. The van der Waals surface area contributed by atoms with E-state index in [4.69, 9.17) is 4.52 Å². The highest BCUT2D eigenvalue weighted by atomic mass is 127. The number of rotatable bonds is 7. The molecule has 160 valence electrons. The van der Waals surface area contributed by atoms with Crippen molar-refractivity contribution in [3.8, 4) is 11.5 Å². The summed E-state index contributed by atoms with van der Waals surface area (Å²) in [5, 5.41) is 10.5. The summed E-state index contributed by atoms with van der Waals surface area (Å²) < 4.78 is 18.6. The van der Waals surface area contributed by atoms with Crippen molar-refractivity contribution >= 4 is 29.9 Å². The van der Waals surface area contributed by atoms with E-state index in [1.165, 1.54) is 11.6 Å². The number of aliphatic imine (C=N–C) groups is 1. The van der Waals surface area contributed by atoms with Gasteiger partial charge in [0.05, 0.1) is 0 Å². The Morgan fingerprint density at radius 2 is 1.83 bits per heavy atom. The first-order chi connectivity index (χ1) is 14.1. The van der Waals surface area contributed by atoms with Crippen molar-refractivity contribution in [2.75, 3.05) is 13.6 Å². The second-order valence-corrected chi connectivity index (χ2v) is 6.75. The van der Waals surface area contributed by atoms with Gasteiger partial charge in [-0.25, -0.2) is 4.39 Å². The first-order valence-electron chi connectivity index (χ1n) is 9.70. The zero-order valence-corrected chi connectivity index (χ0v) is 19.7. The van der Waals surface area contributed by atoms with Crippen LogP contribution < -0.4 is 10.6 Å². The Morgan fingerprint density at radius 3 is 2.47 bits per heavy atom. The van der Waals surface area contributed by atoms with Gasteiger partial charge in [0.2, 0.25) is 0 Å². The molecular weight excluding hydrogens is 496 g/mol. The third-order valence-corrected chi connectivity index (χ3v) is 4.60. The largest absolute Gasteiger partial charge is 0.356 e. The zero-order valence-electron chi connectivity index (χ0n) is 17.4. The molecule has 3 aromatic rings. The van der Waals surface area contributed by atoms with E-state index in [-0.39, 0.29) is 29.8 Å². The Kier molecular flexibility index (Phi) is 9.22. The minimum Gasteiger partial charge on any atom is -0.356 e. The van der Waals surface area contributed by atoms with Crippen LogP contribution in [-0.4, -0.2) is 29.7 Å². The van der Waals surface area contributed by atoms with Crippen molar-refractivity contribution in [1.82, 2.24) is 20.8 Å². The van der Waals surface area contributed by atoms with E-state index in [1.54, 1.807) is 20.0 Å². The molecule has 0 bridgehead atoms. The lowest BCUT2D eigenvalue weighted by Crippen LogP contribution is -2.37. The summed E-state index contributed by atoms with van der Waals surface area (Å²) in [4.78, 5) is 8.58. The molecule has 0 radical (unpaired) electrons. The number of aromatic nitrogens is 2. The van der Waals surface area contributed by atoms with Crippen molar-refractivity contribution in [2.24, 2.45) is 4.99 Å². The van der Waals surface area contributed by atoms with Gasteiger partial charge in [0.15, 0.2) is 11.8 Å². The molecule has 0 saturated heterocycles. The van der Waals surface area contributed by atoms with Crippen LogP contribution in [0.1, 0.15) is 29.4 Å². The van der Waals surface area contributed by atoms with Crippen LogP contribution in [0.15, 0.2) is 52.0 Å². The molecule has 3 rings (SSSR count). The standard InChI is InChI=1S/C22H26FN5O.HI/c1-4-20-27-21(29-28-20)18-8-5-16(6-9-18)11-12-25-22(24-3)26-14-17-7-10-19(23)15(2)13-17;/h5-10,13H,4,11-12,14H2,1-3H3,(H2,24,25,26);1H. The van der Waals surface area contributed by atoms with E-state index in [1.807, 2.05) is 25.1 Å². The molecule has 8 heteroatoms. The summed E-state index contributed by atoms with van der Waals surface area (Å²) >= 11 is 0. The van der Waals surface area contributed by atoms with Crippen LogP contribution in [-0.2, 0) is 19.4 Å². The third-order valence-electron chi connectivity index (χ3n) is 4.60. The maximum absolute atomic E-state index is 13.4. The van der Waals surface area contributed by atoms with Gasteiger partial charge in [-0.15, -0.1) is 24.0 Å². The summed E-state index contributed by atoms with van der Waals surface area (Å²) in [5.74, 6) is 1.78. The topological polar surface area (TPSA) is 75.3 Å². The highest BCUT2D eigenvalue weighted by Crippen LogP contribution is 2.18. The van der Waals surface area contributed by atoms with E-state index >= 15 is 0 Å². The lowest BCUT2D eigenvalue weighted by atomic mass is 10.1. The fourth-order valence-electron chi connectivity index (χ4n) is 2.88. The Balaban J connectivity index is 0.00000320. The Labute approximate surface area is 193 Å². The number of benzene rings is 2. The van der Waals surface area contributed by atoms with Gasteiger partial charge in [-0.2, -0.15) is 4.98 Å². The van der Waals surface area contributed by atoms with Crippen molar-refractivity contribution in [3.05, 3.63) is 70.8 Å². The fourth-order valence-corrected chi connectivity index (χ4v) is 2.88. The van der Waals surface area contributed by atoms with Crippen molar-refractivity contribution in [2.45, 2.75) is 33.2 Å². The monoisotopic (exact) mass is 523 g/mol. The highest BCUT2D eigenvalue weighted by Gasteiger charge is 2.07. The molecule has 0 aliphatic carbocycles. The molecular formula is C22H27FIN5O. The van der Waals surface area contributed by atoms with Gasteiger partial charge < -0.3 is 15.2 Å². The normalized spacial score (nSPS) is 11.1. The molecule has 0 amide bonds. The second-order valence-electron chi connectivity index (χ2n) is 6.75. The Hall–Kier alpha value is -2.49. The second kappa shape index (κ2) is 11.6. The minimum absolute atomic E-state index is 0. The molecule has 0 aliphatic rings. The molecule has 30 heavy (non-hydrogen) atoms. The van der Waals surface area contributed by atoms with E-state index in [9.17, 15) is 4.39 Å². The van der Waals surface area contributed by atoms with E-state index < -0.39 is 0 Å². The summed E-state index contributed by atoms with van der Waals surface area (Å²) in [6.45, 7) is 5.08. The third kappa shape index (κ3) is 6.51. The molecule has 0 unspecified atom stereocenters. The molecule has 0 aliphatic heterocycles. The van der Waals surface area contributed by atoms with Gasteiger partial charge in [0.1, 0.15) is 5.82 Å². The molecule has 0 spiro atoms. The van der Waals surface area contributed by atoms with Gasteiger partial charge in [-0.05, 0) is 48.2 Å². The molecule has 0 fully saturated rings. The smallest absolute Gasteiger partial charge is 0.257 e. The van der Waals surface area contributed by atoms with Gasteiger partial charge in [-0.1, -0.05) is 36.3 Å². The summed E-state index contributed by atoms with van der Waals surface area (Å²) in [6.07, 6.45) is 1.60. The number of nitrogens with one attached hydrogen (secondary N) is 2. The quantitative estimate of drug-likeness (QED) is 0.275. The molecule has 6 nitrogen and oxygen atoms in total. The maximum Gasteiger partial charge on any atom is 0.257 e. The van der Waals surface area contributed by atoms with E-state index in [2.05, 4.69) is 37.9 Å². The molecule has 2 N–H and O–H groups in total. The SMILES string of the molecule is CCc1noc(-c2ccc(CCNC(=NC)NCc3ccc(F)c(C)c3)cc2)n1.I. The van der Waals surface area contributed by atoms with Crippen LogP contribution >= 0.6 is 24.0 Å². The molecule has 2 aromatic carbocycles. The Morgan fingerprint density at radius 1 is 1.10 bits per heavy atom. The predicted octanol–water partition coefficient (Wildman–Crippen LogP) is 4.27. The van der Waals surface area contributed by atoms with Crippen LogP contribution in [0, 0.1) is 12.7 Å². The molecule has 0 saturated carbocycles. The fraction of sp³-hybridized carbons (Fsp3) is 0.318. The maximum atomic E-state index is 13.4. The molecule has 1 heterocycles. The summed E-state index contributed by atoms with van der Waals surface area (Å²) in [7, 11) is 1.73. The summed E-state index contributed by atoms with van der Waals surface area (Å²) in [5.41, 5.74) is 3.76. The average molecular weight is 523 g/mol. The van der Waals surface area contributed by atoms with Crippen LogP contribution in [0.25, 0.3) is 11.5 Å². The molecule has 0 atom stereocenters. The van der Waals surface area contributed by atoms with Gasteiger partial charge in [0, 0.05) is 32.1 Å². The number of hydrogen-bond acceptors (Lipinski definition) is 4. The summed E-state index contributed by atoms with van der Waals surface area (Å²) in [6, 6.07) is 13.2. The van der Waals surface area contributed by atoms with Gasteiger partial charge in [0.25, 0.3) is 5.89 Å². The van der Waals surface area contributed by atoms with Gasteiger partial charge >= 0.3 is 0 Å². The van der Waals surface area contributed by atoms with Crippen molar-refractivity contribution in [1.29, 1.82) is 0 Å². The van der Waals surface area contributed by atoms with Crippen LogP contribution in [0.2, 0.25) is 0 Å². The van der Waals surface area contributed by atoms with E-state index in [0.29, 0.717) is 29.8 Å². The van der Waals surface area contributed by atoms with Crippen molar-refractivity contribution in [3.63, 3.8) is 0 Å². The lowest BCUT2D eigenvalue weighted by Gasteiger charge is -2.12. The first-order valence-corrected chi connectivity index (χ1v) is 9.70. The number of nitrogens with zero attached hydrogens (tertiary/aromatic N) is 3. The van der Waals surface area contributed by atoms with Gasteiger partial charge in [-0.3, -0.25) is 4.99 Å².